The quantitative estimate of drug-likeness (QED) is 0.260. The molecular weight excluding hydrogens is 530 g/mol. The van der Waals surface area contributed by atoms with E-state index in [1.165, 1.54) is 17.1 Å². The molecule has 2 aliphatic rings. The average molecular weight is 554 g/mol. The first-order valence-corrected chi connectivity index (χ1v) is 13.8. The number of aromatic hydroxyl groups is 1. The number of rotatable bonds is 5. The Morgan fingerprint density at radius 2 is 1.85 bits per heavy atom. The fourth-order valence-corrected chi connectivity index (χ4v) is 5.75. The summed E-state index contributed by atoms with van der Waals surface area (Å²) in [5.41, 5.74) is 3.73. The lowest BCUT2D eigenvalue weighted by molar-refractivity contribution is -0.113. The van der Waals surface area contributed by atoms with Crippen LogP contribution in [0, 0.1) is 0 Å². The Morgan fingerprint density at radius 1 is 1.05 bits per heavy atom. The molecule has 0 saturated carbocycles. The van der Waals surface area contributed by atoms with E-state index in [0.29, 0.717) is 33.9 Å². The largest absolute Gasteiger partial charge is 0.504 e. The summed E-state index contributed by atoms with van der Waals surface area (Å²) < 4.78 is 5.49. The molecule has 194 valence electrons. The highest BCUT2D eigenvalue weighted by atomic mass is 35.5. The first-order valence-electron chi connectivity index (χ1n) is 12.6. The maximum absolute atomic E-state index is 13.0. The number of amides is 1. The molecule has 1 unspecified atom stereocenters. The van der Waals surface area contributed by atoms with Crippen molar-refractivity contribution in [1.29, 1.82) is 0 Å². The van der Waals surface area contributed by atoms with Gasteiger partial charge in [-0.15, -0.1) is 0 Å². The predicted octanol–water partition coefficient (Wildman–Crippen LogP) is 7.42. The number of aliphatic imine (C=N–C) groups is 1. The van der Waals surface area contributed by atoms with Crippen molar-refractivity contribution in [1.82, 2.24) is 5.01 Å². The molecule has 0 radical (unpaired) electrons. The zero-order valence-electron chi connectivity index (χ0n) is 21.0. The van der Waals surface area contributed by atoms with E-state index in [1.54, 1.807) is 24.3 Å². The topological polar surface area (TPSA) is 74.5 Å². The molecular formula is C31H24ClN3O3S. The maximum Gasteiger partial charge on any atom is 0.286 e. The normalized spacial score (nSPS) is 18.1. The number of fused-ring (bicyclic) bond motifs is 1. The number of amidine groups is 1. The fraction of sp³-hybridized carbons (Fsp3) is 0.129. The number of carbonyl (C=O) groups is 1. The zero-order valence-corrected chi connectivity index (χ0v) is 22.6. The second-order valence-electron chi connectivity index (χ2n) is 9.20. The summed E-state index contributed by atoms with van der Waals surface area (Å²) in [6.45, 7) is 2.27. The van der Waals surface area contributed by atoms with Gasteiger partial charge in [-0.05, 0) is 82.6 Å². The maximum atomic E-state index is 13.0. The fourth-order valence-electron chi connectivity index (χ4n) is 4.71. The second kappa shape index (κ2) is 10.6. The number of benzene rings is 4. The average Bonchev–Trinajstić information content (AvgIpc) is 3.55. The molecule has 0 aliphatic carbocycles. The number of hydrazone groups is 1. The minimum atomic E-state index is -0.328. The number of nitrogens with zero attached hydrogens (tertiary/aromatic N) is 3. The van der Waals surface area contributed by atoms with Gasteiger partial charge in [0.05, 0.1) is 23.3 Å². The summed E-state index contributed by atoms with van der Waals surface area (Å²) >= 11 is 7.46. The standard InChI is InChI=1S/C31H24ClN3O3S/c1-2-38-28-15-19(7-14-27(28)36)16-29-30(37)33-31(39-29)35-26(21-10-12-24(32)13-11-21)18-25(34-35)23-9-8-20-5-3-4-6-22(20)17-23/h3-17,26,36H,2,18H2,1H3/b29-16-. The van der Waals surface area contributed by atoms with Crippen molar-refractivity contribution in [3.8, 4) is 11.5 Å². The molecule has 6 rings (SSSR count). The van der Waals surface area contributed by atoms with Gasteiger partial charge in [0.2, 0.25) is 0 Å². The summed E-state index contributed by atoms with van der Waals surface area (Å²) in [5, 5.41) is 20.4. The Balaban J connectivity index is 1.34. The molecule has 0 spiro atoms. The van der Waals surface area contributed by atoms with Crippen LogP contribution in [-0.2, 0) is 4.79 Å². The van der Waals surface area contributed by atoms with Crippen LogP contribution in [0.25, 0.3) is 16.8 Å². The van der Waals surface area contributed by atoms with Crippen molar-refractivity contribution in [2.45, 2.75) is 19.4 Å². The Hall–Kier alpha value is -4.07. The molecule has 4 aromatic carbocycles. The van der Waals surface area contributed by atoms with Gasteiger partial charge in [-0.2, -0.15) is 10.1 Å². The minimum Gasteiger partial charge on any atom is -0.504 e. The van der Waals surface area contributed by atoms with E-state index in [2.05, 4.69) is 35.3 Å². The van der Waals surface area contributed by atoms with Crippen LogP contribution >= 0.6 is 23.4 Å². The molecule has 39 heavy (non-hydrogen) atoms. The molecule has 1 amide bonds. The lowest BCUT2D eigenvalue weighted by Crippen LogP contribution is -2.23. The molecule has 0 saturated heterocycles. The number of ether oxygens (including phenoxy) is 1. The lowest BCUT2D eigenvalue weighted by Gasteiger charge is -2.22. The highest BCUT2D eigenvalue weighted by molar-refractivity contribution is 8.18. The van der Waals surface area contributed by atoms with Crippen LogP contribution in [0.15, 0.2) is 99.9 Å². The van der Waals surface area contributed by atoms with Crippen LogP contribution in [0.1, 0.15) is 36.1 Å². The molecule has 2 aliphatic heterocycles. The first kappa shape index (κ1) is 25.2. The van der Waals surface area contributed by atoms with E-state index in [-0.39, 0.29) is 17.7 Å². The molecule has 8 heteroatoms. The van der Waals surface area contributed by atoms with Crippen molar-refractivity contribution in [3.05, 3.63) is 112 Å². The van der Waals surface area contributed by atoms with E-state index in [0.717, 1.165) is 27.8 Å². The number of hydrogen-bond acceptors (Lipinski definition) is 6. The molecule has 6 nitrogen and oxygen atoms in total. The van der Waals surface area contributed by atoms with Crippen LogP contribution in [0.2, 0.25) is 5.02 Å². The van der Waals surface area contributed by atoms with Gasteiger partial charge in [0.25, 0.3) is 5.91 Å². The third kappa shape index (κ3) is 5.15. The van der Waals surface area contributed by atoms with Gasteiger partial charge in [0.1, 0.15) is 0 Å². The molecule has 0 bridgehead atoms. The number of carbonyl (C=O) groups excluding carboxylic acids is 1. The van der Waals surface area contributed by atoms with Gasteiger partial charge in [-0.1, -0.05) is 66.2 Å². The van der Waals surface area contributed by atoms with Crippen molar-refractivity contribution in [3.63, 3.8) is 0 Å². The van der Waals surface area contributed by atoms with E-state index in [1.807, 2.05) is 48.3 Å². The number of hydrogen-bond donors (Lipinski definition) is 1. The summed E-state index contributed by atoms with van der Waals surface area (Å²) in [4.78, 5) is 17.8. The van der Waals surface area contributed by atoms with Crippen molar-refractivity contribution < 1.29 is 14.6 Å². The number of phenolic OH excluding ortho intramolecular Hbond substituents is 1. The van der Waals surface area contributed by atoms with E-state index in [4.69, 9.17) is 21.4 Å². The van der Waals surface area contributed by atoms with Gasteiger partial charge in [-0.3, -0.25) is 4.79 Å². The van der Waals surface area contributed by atoms with Crippen LogP contribution < -0.4 is 4.74 Å². The van der Waals surface area contributed by atoms with Crippen LogP contribution in [0.5, 0.6) is 11.5 Å². The number of halogens is 1. The van der Waals surface area contributed by atoms with Gasteiger partial charge in [-0.25, -0.2) is 5.01 Å². The number of thioether (sulfide) groups is 1. The molecule has 1 N–H and O–H groups in total. The van der Waals surface area contributed by atoms with Crippen LogP contribution in [0.4, 0.5) is 0 Å². The second-order valence-corrected chi connectivity index (χ2v) is 10.6. The Bertz CT molecular complexity index is 1680. The monoisotopic (exact) mass is 553 g/mol. The highest BCUT2D eigenvalue weighted by Crippen LogP contribution is 2.40. The van der Waals surface area contributed by atoms with Crippen molar-refractivity contribution in [2.24, 2.45) is 10.1 Å². The van der Waals surface area contributed by atoms with Crippen molar-refractivity contribution >= 4 is 57.0 Å². The smallest absolute Gasteiger partial charge is 0.286 e. The molecule has 4 aromatic rings. The lowest BCUT2D eigenvalue weighted by atomic mass is 9.97. The SMILES string of the molecule is CCOc1cc(/C=C2\SC(N3N=C(c4ccc5ccccc5c4)CC3c3ccc(Cl)cc3)=NC2=O)ccc1O. The molecule has 1 atom stereocenters. The highest BCUT2D eigenvalue weighted by Gasteiger charge is 2.36. The summed E-state index contributed by atoms with van der Waals surface area (Å²) in [6, 6.07) is 27.2. The molecule has 0 aromatic heterocycles. The molecule has 2 heterocycles. The summed E-state index contributed by atoms with van der Waals surface area (Å²) in [7, 11) is 0. The van der Waals surface area contributed by atoms with Crippen molar-refractivity contribution in [2.75, 3.05) is 6.61 Å². The third-order valence-electron chi connectivity index (χ3n) is 6.63. The predicted molar refractivity (Wildman–Crippen MR) is 158 cm³/mol. The van der Waals surface area contributed by atoms with Gasteiger partial charge in [0, 0.05) is 11.4 Å². The van der Waals surface area contributed by atoms with Gasteiger partial charge in [0.15, 0.2) is 16.7 Å². The van der Waals surface area contributed by atoms with E-state index in [9.17, 15) is 9.90 Å². The van der Waals surface area contributed by atoms with Gasteiger partial charge < -0.3 is 9.84 Å². The van der Waals surface area contributed by atoms with E-state index < -0.39 is 0 Å². The Morgan fingerprint density at radius 3 is 2.64 bits per heavy atom. The zero-order chi connectivity index (χ0) is 26.9. The first-order chi connectivity index (χ1) is 19.0. The third-order valence-corrected chi connectivity index (χ3v) is 7.86. The summed E-state index contributed by atoms with van der Waals surface area (Å²) in [5.74, 6) is 0.0976. The Labute approximate surface area is 235 Å². The van der Waals surface area contributed by atoms with Gasteiger partial charge >= 0.3 is 0 Å². The van der Waals surface area contributed by atoms with Crippen LogP contribution in [-0.4, -0.2) is 33.5 Å². The van der Waals surface area contributed by atoms with E-state index >= 15 is 0 Å². The number of phenols is 1. The Kier molecular flexibility index (Phi) is 6.85. The summed E-state index contributed by atoms with van der Waals surface area (Å²) in [6.07, 6.45) is 2.41. The molecule has 0 fully saturated rings. The van der Waals surface area contributed by atoms with Crippen LogP contribution in [0.3, 0.4) is 0 Å². The minimum absolute atomic E-state index is 0.0553.